The monoisotopic (exact) mass is 293 g/mol. The van der Waals surface area contributed by atoms with Gasteiger partial charge in [-0.3, -0.25) is 0 Å². The Morgan fingerprint density at radius 3 is 3.00 bits per heavy atom. The van der Waals surface area contributed by atoms with Gasteiger partial charge in [0.1, 0.15) is 0 Å². The Balaban J connectivity index is 1.91. The molecule has 0 saturated heterocycles. The molecule has 0 aliphatic heterocycles. The third-order valence-corrected chi connectivity index (χ3v) is 3.55. The molecule has 0 atom stereocenters. The van der Waals surface area contributed by atoms with Crippen molar-refractivity contribution in [2.45, 2.75) is 19.3 Å². The lowest BCUT2D eigenvalue weighted by Gasteiger charge is -1.99. The zero-order valence-corrected chi connectivity index (χ0v) is 10.8. The molecule has 1 saturated carbocycles. The number of nitrogen functional groups attached to an aromatic ring is 1. The third kappa shape index (κ3) is 2.34. The fraction of sp³-hybridized carbons (Fsp3) is 0.333. The van der Waals surface area contributed by atoms with Gasteiger partial charge in [-0.15, -0.1) is 0 Å². The van der Waals surface area contributed by atoms with E-state index in [1.54, 1.807) is 0 Å². The number of hydrogen-bond donors (Lipinski definition) is 1. The molecule has 0 bridgehead atoms. The number of benzene rings is 1. The van der Waals surface area contributed by atoms with E-state index in [0.29, 0.717) is 11.6 Å². The number of nitrogens with two attached hydrogens (primary N) is 1. The minimum atomic E-state index is 0.528. The van der Waals surface area contributed by atoms with Crippen LogP contribution in [0.3, 0.4) is 0 Å². The molecule has 0 radical (unpaired) electrons. The summed E-state index contributed by atoms with van der Waals surface area (Å²) < 4.78 is 6.18. The third-order valence-electron chi connectivity index (χ3n) is 2.86. The van der Waals surface area contributed by atoms with Crippen molar-refractivity contribution in [2.75, 3.05) is 5.73 Å². The van der Waals surface area contributed by atoms with E-state index in [1.165, 1.54) is 12.8 Å². The SMILES string of the molecule is Nc1ccc(Br)c(-c2nc(CC3CC3)no2)c1. The van der Waals surface area contributed by atoms with E-state index in [4.69, 9.17) is 10.3 Å². The van der Waals surface area contributed by atoms with Crippen molar-refractivity contribution in [2.24, 2.45) is 5.92 Å². The van der Waals surface area contributed by atoms with Crippen LogP contribution >= 0.6 is 15.9 Å². The van der Waals surface area contributed by atoms with Crippen LogP contribution in [0.25, 0.3) is 11.5 Å². The first-order valence-electron chi connectivity index (χ1n) is 5.60. The van der Waals surface area contributed by atoms with E-state index in [0.717, 1.165) is 28.2 Å². The fourth-order valence-corrected chi connectivity index (χ4v) is 2.15. The smallest absolute Gasteiger partial charge is 0.259 e. The van der Waals surface area contributed by atoms with Crippen molar-refractivity contribution < 1.29 is 4.52 Å². The molecule has 1 aromatic heterocycles. The predicted octanol–water partition coefficient (Wildman–Crippen LogP) is 3.03. The highest BCUT2D eigenvalue weighted by molar-refractivity contribution is 9.10. The first-order chi connectivity index (χ1) is 8.22. The van der Waals surface area contributed by atoms with Crippen LogP contribution in [0, 0.1) is 5.92 Å². The number of rotatable bonds is 3. The topological polar surface area (TPSA) is 64.9 Å². The number of halogens is 1. The van der Waals surface area contributed by atoms with E-state index in [2.05, 4.69) is 26.1 Å². The molecular formula is C12H12BrN3O. The average molecular weight is 294 g/mol. The van der Waals surface area contributed by atoms with Gasteiger partial charge in [0.25, 0.3) is 5.89 Å². The summed E-state index contributed by atoms with van der Waals surface area (Å²) in [6, 6.07) is 5.54. The summed E-state index contributed by atoms with van der Waals surface area (Å²) in [7, 11) is 0. The lowest BCUT2D eigenvalue weighted by molar-refractivity contribution is 0.421. The number of nitrogens with zero attached hydrogens (tertiary/aromatic N) is 2. The van der Waals surface area contributed by atoms with E-state index >= 15 is 0 Å². The van der Waals surface area contributed by atoms with Gasteiger partial charge in [0.15, 0.2) is 5.82 Å². The van der Waals surface area contributed by atoms with Crippen molar-refractivity contribution in [3.63, 3.8) is 0 Å². The molecule has 3 rings (SSSR count). The van der Waals surface area contributed by atoms with Crippen LogP contribution in [0.1, 0.15) is 18.7 Å². The molecule has 2 aromatic rings. The molecule has 0 unspecified atom stereocenters. The van der Waals surface area contributed by atoms with Gasteiger partial charge < -0.3 is 10.3 Å². The molecule has 1 aromatic carbocycles. The molecular weight excluding hydrogens is 282 g/mol. The maximum atomic E-state index is 5.75. The molecule has 1 aliphatic carbocycles. The van der Waals surface area contributed by atoms with Crippen molar-refractivity contribution in [3.8, 4) is 11.5 Å². The molecule has 88 valence electrons. The highest BCUT2D eigenvalue weighted by Gasteiger charge is 2.24. The zero-order valence-electron chi connectivity index (χ0n) is 9.19. The molecule has 17 heavy (non-hydrogen) atoms. The van der Waals surface area contributed by atoms with Crippen molar-refractivity contribution in [1.29, 1.82) is 0 Å². The van der Waals surface area contributed by atoms with Gasteiger partial charge in [-0.25, -0.2) is 0 Å². The first kappa shape index (κ1) is 10.8. The molecule has 5 heteroatoms. The van der Waals surface area contributed by atoms with Gasteiger partial charge in [0, 0.05) is 16.6 Å². The lowest BCUT2D eigenvalue weighted by Crippen LogP contribution is -1.90. The summed E-state index contributed by atoms with van der Waals surface area (Å²) in [4.78, 5) is 4.40. The summed E-state index contributed by atoms with van der Waals surface area (Å²) in [5.41, 5.74) is 7.28. The zero-order chi connectivity index (χ0) is 11.8. The van der Waals surface area contributed by atoms with Crippen LogP contribution < -0.4 is 5.73 Å². The Morgan fingerprint density at radius 1 is 1.41 bits per heavy atom. The Hall–Kier alpha value is -1.36. The standard InChI is InChI=1S/C12H12BrN3O/c13-10-4-3-8(14)6-9(10)12-15-11(16-17-12)5-7-1-2-7/h3-4,6-7H,1-2,5,14H2. The summed E-state index contributed by atoms with van der Waals surface area (Å²) in [5, 5.41) is 4.00. The molecule has 4 nitrogen and oxygen atoms in total. The van der Waals surface area contributed by atoms with Gasteiger partial charge in [-0.1, -0.05) is 5.16 Å². The van der Waals surface area contributed by atoms with E-state index in [9.17, 15) is 0 Å². The van der Waals surface area contributed by atoms with Crippen molar-refractivity contribution in [1.82, 2.24) is 10.1 Å². The van der Waals surface area contributed by atoms with Crippen LogP contribution in [0.15, 0.2) is 27.2 Å². The largest absolute Gasteiger partial charge is 0.399 e. The molecule has 0 spiro atoms. The fourth-order valence-electron chi connectivity index (χ4n) is 1.73. The Labute approximate surface area is 107 Å². The Morgan fingerprint density at radius 2 is 2.24 bits per heavy atom. The first-order valence-corrected chi connectivity index (χ1v) is 6.39. The minimum absolute atomic E-state index is 0.528. The number of anilines is 1. The Kier molecular flexibility index (Phi) is 2.63. The van der Waals surface area contributed by atoms with Crippen LogP contribution in [-0.2, 0) is 6.42 Å². The van der Waals surface area contributed by atoms with Crippen LogP contribution in [0.4, 0.5) is 5.69 Å². The second kappa shape index (κ2) is 4.14. The molecule has 2 N–H and O–H groups in total. The number of aromatic nitrogens is 2. The second-order valence-electron chi connectivity index (χ2n) is 4.40. The molecule has 1 aliphatic rings. The maximum absolute atomic E-state index is 5.75. The van der Waals surface area contributed by atoms with Crippen molar-refractivity contribution in [3.05, 3.63) is 28.5 Å². The highest BCUT2D eigenvalue weighted by Crippen LogP contribution is 2.33. The molecule has 0 amide bonds. The summed E-state index contributed by atoms with van der Waals surface area (Å²) >= 11 is 3.46. The van der Waals surface area contributed by atoms with Gasteiger partial charge in [-0.2, -0.15) is 4.98 Å². The molecule has 1 fully saturated rings. The highest BCUT2D eigenvalue weighted by atomic mass is 79.9. The van der Waals surface area contributed by atoms with Crippen LogP contribution in [-0.4, -0.2) is 10.1 Å². The van der Waals surface area contributed by atoms with Crippen molar-refractivity contribution >= 4 is 21.6 Å². The summed E-state index contributed by atoms with van der Waals surface area (Å²) in [5.74, 6) is 2.07. The normalized spacial score (nSPS) is 15.1. The minimum Gasteiger partial charge on any atom is -0.399 e. The van der Waals surface area contributed by atoms with Crippen LogP contribution in [0.5, 0.6) is 0 Å². The van der Waals surface area contributed by atoms with Gasteiger partial charge in [0.05, 0.1) is 5.56 Å². The van der Waals surface area contributed by atoms with Crippen LogP contribution in [0.2, 0.25) is 0 Å². The molecule has 1 heterocycles. The van der Waals surface area contributed by atoms with Gasteiger partial charge in [0.2, 0.25) is 0 Å². The average Bonchev–Trinajstić information content (AvgIpc) is 2.99. The van der Waals surface area contributed by atoms with Gasteiger partial charge >= 0.3 is 0 Å². The quantitative estimate of drug-likeness (QED) is 0.884. The summed E-state index contributed by atoms with van der Waals surface area (Å²) in [6.45, 7) is 0. The van der Waals surface area contributed by atoms with E-state index in [-0.39, 0.29) is 0 Å². The maximum Gasteiger partial charge on any atom is 0.259 e. The lowest BCUT2D eigenvalue weighted by atomic mass is 10.2. The van der Waals surface area contributed by atoms with Gasteiger partial charge in [-0.05, 0) is 52.9 Å². The Bertz CT molecular complexity index is 548. The number of hydrogen-bond acceptors (Lipinski definition) is 4. The van der Waals surface area contributed by atoms with E-state index < -0.39 is 0 Å². The second-order valence-corrected chi connectivity index (χ2v) is 5.26. The van der Waals surface area contributed by atoms with E-state index in [1.807, 2.05) is 18.2 Å². The predicted molar refractivity (Wildman–Crippen MR) is 68.3 cm³/mol. The summed E-state index contributed by atoms with van der Waals surface area (Å²) in [6.07, 6.45) is 3.49.